The number of nitro benzene ring substituents is 2. The molecule has 29 heavy (non-hydrogen) atoms. The molecule has 3 aromatic carbocycles. The van der Waals surface area contributed by atoms with Crippen molar-refractivity contribution in [3.63, 3.8) is 0 Å². The molecule has 148 valence electrons. The molecule has 0 unspecified atom stereocenters. The minimum absolute atomic E-state index is 0.152. The molecular weight excluding hydrogens is 436 g/mol. The summed E-state index contributed by atoms with van der Waals surface area (Å²) in [5, 5.41) is 21.2. The number of hydrogen-bond donors (Lipinski definition) is 0. The van der Waals surface area contributed by atoms with Gasteiger partial charge in [-0.1, -0.05) is 76.6 Å². The molecule has 0 heterocycles. The van der Waals surface area contributed by atoms with E-state index in [4.69, 9.17) is 0 Å². The molecular formula is C22H19BrN2O4. The quantitative estimate of drug-likeness (QED) is 0.248. The number of nitrogens with zero attached hydrogens (tertiary/aromatic N) is 2. The van der Waals surface area contributed by atoms with E-state index in [0.29, 0.717) is 11.1 Å². The summed E-state index contributed by atoms with van der Waals surface area (Å²) in [5.74, 6) is 0. The van der Waals surface area contributed by atoms with Crippen LogP contribution in [0.25, 0.3) is 12.2 Å². The second-order valence-electron chi connectivity index (χ2n) is 6.23. The normalized spacial score (nSPS) is 10.3. The molecule has 0 bridgehead atoms. The van der Waals surface area contributed by atoms with Crippen LogP contribution in [0, 0.1) is 34.1 Å². The molecule has 0 aliphatic rings. The van der Waals surface area contributed by atoms with Gasteiger partial charge in [0, 0.05) is 27.7 Å². The van der Waals surface area contributed by atoms with Gasteiger partial charge < -0.3 is 0 Å². The number of benzene rings is 3. The maximum absolute atomic E-state index is 10.8. The monoisotopic (exact) mass is 454 g/mol. The summed E-state index contributed by atoms with van der Waals surface area (Å²) in [6.45, 7) is 3.45. The predicted molar refractivity (Wildman–Crippen MR) is 119 cm³/mol. The van der Waals surface area contributed by atoms with Crippen molar-refractivity contribution in [2.24, 2.45) is 0 Å². The molecule has 0 saturated carbocycles. The Hall–Kier alpha value is -3.32. The number of aryl methyl sites for hydroxylation is 2. The zero-order valence-corrected chi connectivity index (χ0v) is 17.5. The van der Waals surface area contributed by atoms with Crippen LogP contribution in [0.1, 0.15) is 22.3 Å². The summed E-state index contributed by atoms with van der Waals surface area (Å²) in [5.41, 5.74) is 3.57. The Morgan fingerprint density at radius 2 is 1.24 bits per heavy atom. The smallest absolute Gasteiger partial charge is 0.258 e. The van der Waals surface area contributed by atoms with Crippen LogP contribution in [-0.2, 0) is 0 Å². The molecule has 0 aliphatic carbocycles. The van der Waals surface area contributed by atoms with Crippen molar-refractivity contribution < 1.29 is 9.85 Å². The van der Waals surface area contributed by atoms with E-state index in [1.807, 2.05) is 48.6 Å². The zero-order valence-electron chi connectivity index (χ0n) is 15.9. The van der Waals surface area contributed by atoms with Crippen LogP contribution in [0.4, 0.5) is 11.4 Å². The van der Waals surface area contributed by atoms with E-state index in [1.54, 1.807) is 38.1 Å². The number of hydrogen-bond acceptors (Lipinski definition) is 4. The third kappa shape index (κ3) is 6.65. The molecule has 0 fully saturated rings. The Labute approximate surface area is 176 Å². The van der Waals surface area contributed by atoms with Crippen molar-refractivity contribution in [2.75, 3.05) is 0 Å². The van der Waals surface area contributed by atoms with Crippen LogP contribution in [0.5, 0.6) is 0 Å². The second kappa shape index (κ2) is 10.3. The Balaban J connectivity index is 0.000000234. The highest BCUT2D eigenvalue weighted by Crippen LogP contribution is 2.22. The van der Waals surface area contributed by atoms with Crippen LogP contribution in [0.3, 0.4) is 0 Å². The summed E-state index contributed by atoms with van der Waals surface area (Å²) in [6.07, 6.45) is 3.82. The fraction of sp³-hybridized carbons (Fsp3) is 0.0909. The molecule has 0 spiro atoms. The van der Waals surface area contributed by atoms with Crippen molar-refractivity contribution in [1.82, 2.24) is 0 Å². The summed E-state index contributed by atoms with van der Waals surface area (Å²) in [6, 6.07) is 20.1. The molecule has 0 saturated heterocycles. The third-order valence-electron chi connectivity index (χ3n) is 4.07. The van der Waals surface area contributed by atoms with Gasteiger partial charge in [0.15, 0.2) is 0 Å². The number of rotatable bonds is 4. The van der Waals surface area contributed by atoms with E-state index >= 15 is 0 Å². The lowest BCUT2D eigenvalue weighted by Crippen LogP contribution is -1.91. The number of nitro groups is 2. The van der Waals surface area contributed by atoms with Gasteiger partial charge in [0.1, 0.15) is 0 Å². The van der Waals surface area contributed by atoms with Gasteiger partial charge in [0.2, 0.25) is 0 Å². The first-order valence-electron chi connectivity index (χ1n) is 8.66. The largest absolute Gasteiger partial charge is 0.273 e. The zero-order chi connectivity index (χ0) is 21.4. The van der Waals surface area contributed by atoms with Gasteiger partial charge in [-0.25, -0.2) is 0 Å². The molecule has 3 rings (SSSR count). The maximum Gasteiger partial charge on any atom is 0.273 e. The van der Waals surface area contributed by atoms with E-state index in [9.17, 15) is 20.2 Å². The summed E-state index contributed by atoms with van der Waals surface area (Å²) >= 11 is 3.16. The minimum Gasteiger partial charge on any atom is -0.258 e. The van der Waals surface area contributed by atoms with Crippen LogP contribution < -0.4 is 0 Å². The lowest BCUT2D eigenvalue weighted by atomic mass is 10.1. The molecule has 6 nitrogen and oxygen atoms in total. The Bertz CT molecular complexity index is 1050. The highest BCUT2D eigenvalue weighted by Gasteiger charge is 2.10. The van der Waals surface area contributed by atoms with Crippen LogP contribution in [0.2, 0.25) is 0 Å². The number of halogens is 1. The summed E-state index contributed by atoms with van der Waals surface area (Å²) in [7, 11) is 0. The lowest BCUT2D eigenvalue weighted by Gasteiger charge is -1.98. The van der Waals surface area contributed by atoms with Crippen LogP contribution in [-0.4, -0.2) is 9.85 Å². The SMILES string of the molecule is Cc1ccc(/C=C/c2ccccc2)cc1[N+](=O)[O-].Cc1ccc(Br)cc1[N+](=O)[O-]. The fourth-order valence-corrected chi connectivity index (χ4v) is 2.81. The lowest BCUT2D eigenvalue weighted by molar-refractivity contribution is -0.385. The molecule has 0 aromatic heterocycles. The first-order valence-corrected chi connectivity index (χ1v) is 9.46. The average molecular weight is 455 g/mol. The van der Waals surface area contributed by atoms with Gasteiger partial charge in [0.05, 0.1) is 9.85 Å². The first-order chi connectivity index (χ1) is 13.8. The summed E-state index contributed by atoms with van der Waals surface area (Å²) in [4.78, 5) is 20.4. The van der Waals surface area contributed by atoms with Crippen molar-refractivity contribution in [3.05, 3.63) is 114 Å². The van der Waals surface area contributed by atoms with Gasteiger partial charge in [-0.3, -0.25) is 20.2 Å². The molecule has 3 aromatic rings. The molecule has 0 aliphatic heterocycles. The van der Waals surface area contributed by atoms with Gasteiger partial charge in [-0.15, -0.1) is 0 Å². The van der Waals surface area contributed by atoms with Crippen LogP contribution >= 0.6 is 15.9 Å². The topological polar surface area (TPSA) is 86.3 Å². The first kappa shape index (κ1) is 22.0. The van der Waals surface area contributed by atoms with Crippen molar-refractivity contribution in [3.8, 4) is 0 Å². The van der Waals surface area contributed by atoms with E-state index in [0.717, 1.165) is 15.6 Å². The molecule has 0 N–H and O–H groups in total. The molecule has 7 heteroatoms. The molecule has 0 atom stereocenters. The Kier molecular flexibility index (Phi) is 7.79. The Morgan fingerprint density at radius 3 is 1.79 bits per heavy atom. The van der Waals surface area contributed by atoms with E-state index in [-0.39, 0.29) is 21.2 Å². The molecule has 0 radical (unpaired) electrons. The van der Waals surface area contributed by atoms with Gasteiger partial charge in [-0.05, 0) is 31.0 Å². The van der Waals surface area contributed by atoms with E-state index < -0.39 is 0 Å². The fourth-order valence-electron chi connectivity index (χ4n) is 2.46. The van der Waals surface area contributed by atoms with Crippen molar-refractivity contribution in [1.29, 1.82) is 0 Å². The van der Waals surface area contributed by atoms with Gasteiger partial charge in [-0.2, -0.15) is 0 Å². The van der Waals surface area contributed by atoms with Gasteiger partial charge in [0.25, 0.3) is 11.4 Å². The third-order valence-corrected chi connectivity index (χ3v) is 4.56. The van der Waals surface area contributed by atoms with E-state index in [2.05, 4.69) is 15.9 Å². The maximum atomic E-state index is 10.8. The van der Waals surface area contributed by atoms with Crippen molar-refractivity contribution in [2.45, 2.75) is 13.8 Å². The summed E-state index contributed by atoms with van der Waals surface area (Å²) < 4.78 is 0.731. The van der Waals surface area contributed by atoms with Crippen LogP contribution in [0.15, 0.2) is 71.2 Å². The highest BCUT2D eigenvalue weighted by atomic mass is 79.9. The van der Waals surface area contributed by atoms with E-state index in [1.165, 1.54) is 6.07 Å². The highest BCUT2D eigenvalue weighted by molar-refractivity contribution is 9.10. The average Bonchev–Trinajstić information content (AvgIpc) is 2.70. The standard InChI is InChI=1S/C15H13NO2.C7H6BrNO2/c1-12-7-8-14(11-15(12)16(17)18)10-9-13-5-3-2-4-6-13;1-5-2-3-6(8)4-7(5)9(10)11/h2-11H,1H3;2-4H,1H3/b10-9+;. The van der Waals surface area contributed by atoms with Crippen molar-refractivity contribution >= 4 is 39.5 Å². The second-order valence-corrected chi connectivity index (χ2v) is 7.15. The minimum atomic E-state index is -0.389. The Morgan fingerprint density at radius 1 is 0.724 bits per heavy atom. The van der Waals surface area contributed by atoms with Gasteiger partial charge >= 0.3 is 0 Å². The predicted octanol–water partition coefficient (Wildman–Crippen LogP) is 6.74. The molecule has 0 amide bonds.